The first kappa shape index (κ1) is 21.2. The third kappa shape index (κ3) is 5.96. The Morgan fingerprint density at radius 1 is 1.04 bits per heavy atom. The van der Waals surface area contributed by atoms with Crippen LogP contribution in [0.15, 0.2) is 4.99 Å². The molecule has 6 heteroatoms. The molecule has 0 aromatic heterocycles. The summed E-state index contributed by atoms with van der Waals surface area (Å²) in [6.07, 6.45) is 13.4. The van der Waals surface area contributed by atoms with E-state index in [1.165, 1.54) is 64.2 Å². The van der Waals surface area contributed by atoms with Crippen molar-refractivity contribution in [1.82, 2.24) is 15.5 Å². The van der Waals surface area contributed by atoms with Crippen LogP contribution in [-0.4, -0.2) is 62.3 Å². The highest BCUT2D eigenvalue weighted by Gasteiger charge is 2.38. The Labute approximate surface area is 170 Å². The zero-order chi connectivity index (χ0) is 16.7. The molecule has 2 N–H and O–H groups in total. The van der Waals surface area contributed by atoms with Crippen LogP contribution in [0.5, 0.6) is 0 Å². The molecule has 0 unspecified atom stereocenters. The largest absolute Gasteiger partial charge is 0.379 e. The predicted octanol–water partition coefficient (Wildman–Crippen LogP) is 3.14. The summed E-state index contributed by atoms with van der Waals surface area (Å²) in [5, 5.41) is 7.34. The van der Waals surface area contributed by atoms with E-state index >= 15 is 0 Å². The minimum absolute atomic E-state index is 0. The van der Waals surface area contributed by atoms with Crippen molar-refractivity contribution in [3.63, 3.8) is 0 Å². The van der Waals surface area contributed by atoms with Gasteiger partial charge in [0.25, 0.3) is 0 Å². The minimum Gasteiger partial charge on any atom is -0.379 e. The molecular weight excluding hydrogens is 427 g/mol. The van der Waals surface area contributed by atoms with Crippen LogP contribution in [0, 0.1) is 0 Å². The predicted molar refractivity (Wildman–Crippen MR) is 115 cm³/mol. The Hall–Kier alpha value is -0.0800. The molecule has 0 aromatic carbocycles. The Balaban J connectivity index is 0.00000225. The highest BCUT2D eigenvalue weighted by atomic mass is 127. The van der Waals surface area contributed by atoms with Crippen molar-refractivity contribution in [1.29, 1.82) is 0 Å². The number of guanidine groups is 1. The quantitative estimate of drug-likeness (QED) is 0.382. The van der Waals surface area contributed by atoms with Crippen molar-refractivity contribution in [2.45, 2.75) is 75.8 Å². The van der Waals surface area contributed by atoms with Gasteiger partial charge in [0.2, 0.25) is 0 Å². The number of halogens is 1. The maximum Gasteiger partial charge on any atom is 0.191 e. The van der Waals surface area contributed by atoms with Gasteiger partial charge in [0, 0.05) is 38.3 Å². The molecule has 5 nitrogen and oxygen atoms in total. The average Bonchev–Trinajstić information content (AvgIpc) is 2.67. The first-order chi connectivity index (χ1) is 11.8. The van der Waals surface area contributed by atoms with E-state index < -0.39 is 0 Å². The molecule has 146 valence electrons. The van der Waals surface area contributed by atoms with Gasteiger partial charge >= 0.3 is 0 Å². The van der Waals surface area contributed by atoms with Gasteiger partial charge in [-0.25, -0.2) is 0 Å². The topological polar surface area (TPSA) is 48.9 Å². The van der Waals surface area contributed by atoms with E-state index in [0.29, 0.717) is 11.6 Å². The molecule has 2 aliphatic carbocycles. The Bertz CT molecular complexity index is 400. The molecule has 0 spiro atoms. The number of nitrogens with one attached hydrogen (secondary N) is 2. The second kappa shape index (κ2) is 10.9. The molecule has 1 saturated heterocycles. The molecule has 1 aliphatic heterocycles. The summed E-state index contributed by atoms with van der Waals surface area (Å²) in [6.45, 7) is 4.94. The standard InChI is InChI=1S/C19H36N4O.HI/c1-20-18(22-17-8-4-2-5-9-17)21-16-19(10-6-3-7-11-19)23-12-14-24-15-13-23;/h17H,2-16H2,1H3,(H2,20,21,22);1H. The smallest absolute Gasteiger partial charge is 0.191 e. The summed E-state index contributed by atoms with van der Waals surface area (Å²) >= 11 is 0. The number of nitrogens with zero attached hydrogens (tertiary/aromatic N) is 2. The SMILES string of the molecule is CN=C(NCC1(N2CCOCC2)CCCCC1)NC1CCCCC1.I. The van der Waals surface area contributed by atoms with Gasteiger partial charge in [-0.3, -0.25) is 9.89 Å². The van der Waals surface area contributed by atoms with Crippen molar-refractivity contribution in [2.75, 3.05) is 39.9 Å². The normalized spacial score (nSPS) is 25.9. The van der Waals surface area contributed by atoms with Crippen LogP contribution in [0.4, 0.5) is 0 Å². The first-order valence-corrected chi connectivity index (χ1v) is 10.1. The molecule has 0 aromatic rings. The fraction of sp³-hybridized carbons (Fsp3) is 0.947. The van der Waals surface area contributed by atoms with Gasteiger partial charge in [-0.05, 0) is 25.7 Å². The summed E-state index contributed by atoms with van der Waals surface area (Å²) in [6, 6.07) is 0.607. The lowest BCUT2D eigenvalue weighted by atomic mass is 9.79. The molecule has 0 radical (unpaired) electrons. The number of morpholine rings is 1. The van der Waals surface area contributed by atoms with Crippen LogP contribution in [0.3, 0.4) is 0 Å². The van der Waals surface area contributed by atoms with Crippen molar-refractivity contribution in [3.8, 4) is 0 Å². The van der Waals surface area contributed by atoms with Crippen LogP contribution in [0.1, 0.15) is 64.2 Å². The van der Waals surface area contributed by atoms with Crippen molar-refractivity contribution in [2.24, 2.45) is 4.99 Å². The number of aliphatic imine (C=N–C) groups is 1. The van der Waals surface area contributed by atoms with Gasteiger partial charge < -0.3 is 15.4 Å². The highest BCUT2D eigenvalue weighted by molar-refractivity contribution is 14.0. The van der Waals surface area contributed by atoms with E-state index in [2.05, 4.69) is 20.5 Å². The molecule has 3 rings (SSSR count). The van der Waals surface area contributed by atoms with E-state index in [-0.39, 0.29) is 24.0 Å². The van der Waals surface area contributed by atoms with E-state index in [1.807, 2.05) is 7.05 Å². The second-order valence-electron chi connectivity index (χ2n) is 7.79. The fourth-order valence-electron chi connectivity index (χ4n) is 4.74. The van der Waals surface area contributed by atoms with E-state index in [0.717, 1.165) is 38.8 Å². The second-order valence-corrected chi connectivity index (χ2v) is 7.79. The molecular formula is C19H37IN4O. The Morgan fingerprint density at radius 2 is 1.68 bits per heavy atom. The van der Waals surface area contributed by atoms with Crippen LogP contribution in [-0.2, 0) is 4.74 Å². The fourth-order valence-corrected chi connectivity index (χ4v) is 4.74. The molecule has 1 heterocycles. The third-order valence-electron chi connectivity index (χ3n) is 6.22. The summed E-state index contributed by atoms with van der Waals surface area (Å²) in [4.78, 5) is 7.19. The molecule has 25 heavy (non-hydrogen) atoms. The van der Waals surface area contributed by atoms with Crippen LogP contribution in [0.25, 0.3) is 0 Å². The summed E-state index contributed by atoms with van der Waals surface area (Å²) in [5.41, 5.74) is 0.298. The Morgan fingerprint density at radius 3 is 2.32 bits per heavy atom. The molecule has 3 aliphatic rings. The number of hydrogen-bond donors (Lipinski definition) is 2. The zero-order valence-electron chi connectivity index (χ0n) is 15.9. The van der Waals surface area contributed by atoms with Gasteiger partial charge in [-0.1, -0.05) is 38.5 Å². The molecule has 3 fully saturated rings. The third-order valence-corrected chi connectivity index (χ3v) is 6.22. The van der Waals surface area contributed by atoms with E-state index in [9.17, 15) is 0 Å². The van der Waals surface area contributed by atoms with E-state index in [4.69, 9.17) is 4.74 Å². The summed E-state index contributed by atoms with van der Waals surface area (Å²) in [5.74, 6) is 1.00. The monoisotopic (exact) mass is 464 g/mol. The highest BCUT2D eigenvalue weighted by Crippen LogP contribution is 2.33. The van der Waals surface area contributed by atoms with Gasteiger partial charge in [0.1, 0.15) is 0 Å². The van der Waals surface area contributed by atoms with Gasteiger partial charge in [0.15, 0.2) is 5.96 Å². The zero-order valence-corrected chi connectivity index (χ0v) is 18.2. The van der Waals surface area contributed by atoms with Gasteiger partial charge in [-0.15, -0.1) is 24.0 Å². The van der Waals surface area contributed by atoms with E-state index in [1.54, 1.807) is 0 Å². The van der Waals surface area contributed by atoms with Crippen molar-refractivity contribution in [3.05, 3.63) is 0 Å². The lowest BCUT2D eigenvalue weighted by Crippen LogP contribution is -2.61. The lowest BCUT2D eigenvalue weighted by molar-refractivity contribution is -0.0352. The lowest BCUT2D eigenvalue weighted by Gasteiger charge is -2.48. The van der Waals surface area contributed by atoms with Crippen LogP contribution < -0.4 is 10.6 Å². The molecule has 0 bridgehead atoms. The minimum atomic E-state index is 0. The summed E-state index contributed by atoms with van der Waals surface area (Å²) in [7, 11) is 1.90. The Kier molecular flexibility index (Phi) is 9.27. The maximum absolute atomic E-state index is 5.58. The maximum atomic E-state index is 5.58. The number of rotatable bonds is 4. The van der Waals surface area contributed by atoms with Gasteiger partial charge in [-0.2, -0.15) is 0 Å². The number of ether oxygens (including phenoxy) is 1. The molecule has 0 amide bonds. The average molecular weight is 464 g/mol. The van der Waals surface area contributed by atoms with Crippen molar-refractivity contribution < 1.29 is 4.74 Å². The van der Waals surface area contributed by atoms with Crippen LogP contribution >= 0.6 is 24.0 Å². The van der Waals surface area contributed by atoms with Gasteiger partial charge in [0.05, 0.1) is 13.2 Å². The molecule has 0 atom stereocenters. The van der Waals surface area contributed by atoms with Crippen LogP contribution in [0.2, 0.25) is 0 Å². The van der Waals surface area contributed by atoms with Crippen molar-refractivity contribution >= 4 is 29.9 Å². The number of hydrogen-bond acceptors (Lipinski definition) is 3. The first-order valence-electron chi connectivity index (χ1n) is 10.1. The summed E-state index contributed by atoms with van der Waals surface area (Å²) < 4.78 is 5.58. The molecule has 2 saturated carbocycles.